The van der Waals surface area contributed by atoms with Gasteiger partial charge < -0.3 is 14.5 Å². The van der Waals surface area contributed by atoms with Gasteiger partial charge in [-0.2, -0.15) is 0 Å². The second-order valence-electron chi connectivity index (χ2n) is 4.07. The molecule has 0 bridgehead atoms. The van der Waals surface area contributed by atoms with E-state index in [0.717, 1.165) is 19.4 Å². The molecule has 5 heteroatoms. The van der Waals surface area contributed by atoms with Gasteiger partial charge >= 0.3 is 6.01 Å². The highest BCUT2D eigenvalue weighted by Crippen LogP contribution is 2.32. The first kappa shape index (κ1) is 10.4. The Kier molecular flexibility index (Phi) is 2.90. The van der Waals surface area contributed by atoms with Gasteiger partial charge in [-0.15, -0.1) is 5.10 Å². The van der Waals surface area contributed by atoms with Gasteiger partial charge in [-0.1, -0.05) is 17.9 Å². The number of anilines is 1. The fourth-order valence-electron chi connectivity index (χ4n) is 2.08. The summed E-state index contributed by atoms with van der Waals surface area (Å²) in [6, 6.07) is 0.482. The zero-order chi connectivity index (χ0) is 10.7. The number of nitrogens with zero attached hydrogens (tertiary/aromatic N) is 2. The van der Waals surface area contributed by atoms with Crippen LogP contribution in [0.5, 0.6) is 0 Å². The Hall–Kier alpha value is -1.10. The first-order valence-corrected chi connectivity index (χ1v) is 5.33. The standard InChI is InChI=1S/C10H17N3O2/c1-8-12-13-9(15-8)11-7-10(14-2)5-3-4-6-10/h3-7H2,1-2H3,(H,11,13). The number of rotatable bonds is 4. The maximum absolute atomic E-state index is 5.57. The maximum Gasteiger partial charge on any atom is 0.315 e. The summed E-state index contributed by atoms with van der Waals surface area (Å²) in [5.41, 5.74) is -0.0393. The summed E-state index contributed by atoms with van der Waals surface area (Å²) < 4.78 is 10.8. The van der Waals surface area contributed by atoms with Crippen molar-refractivity contribution in [3.05, 3.63) is 5.89 Å². The summed E-state index contributed by atoms with van der Waals surface area (Å²) >= 11 is 0. The number of aromatic nitrogens is 2. The average Bonchev–Trinajstić information content (AvgIpc) is 2.85. The predicted octanol–water partition coefficient (Wildman–Crippen LogP) is 1.75. The molecule has 15 heavy (non-hydrogen) atoms. The molecule has 1 aliphatic rings. The summed E-state index contributed by atoms with van der Waals surface area (Å²) in [6.07, 6.45) is 4.67. The molecule has 1 heterocycles. The first-order valence-electron chi connectivity index (χ1n) is 5.33. The van der Waals surface area contributed by atoms with Crippen molar-refractivity contribution >= 4 is 6.01 Å². The van der Waals surface area contributed by atoms with Gasteiger partial charge in [0.25, 0.3) is 0 Å². The van der Waals surface area contributed by atoms with Crippen LogP contribution in [0.15, 0.2) is 4.42 Å². The van der Waals surface area contributed by atoms with Crippen molar-refractivity contribution in [3.8, 4) is 0 Å². The van der Waals surface area contributed by atoms with Gasteiger partial charge in [0.2, 0.25) is 5.89 Å². The van der Waals surface area contributed by atoms with Crippen molar-refractivity contribution in [2.45, 2.75) is 38.2 Å². The Balaban J connectivity index is 1.91. The lowest BCUT2D eigenvalue weighted by molar-refractivity contribution is 0.00703. The van der Waals surface area contributed by atoms with Gasteiger partial charge in [-0.05, 0) is 12.8 Å². The van der Waals surface area contributed by atoms with Crippen molar-refractivity contribution in [2.24, 2.45) is 0 Å². The van der Waals surface area contributed by atoms with Crippen molar-refractivity contribution in [1.82, 2.24) is 10.2 Å². The van der Waals surface area contributed by atoms with Crippen LogP contribution < -0.4 is 5.32 Å². The van der Waals surface area contributed by atoms with E-state index in [4.69, 9.17) is 9.15 Å². The molecular weight excluding hydrogens is 194 g/mol. The van der Waals surface area contributed by atoms with Crippen LogP contribution in [0.2, 0.25) is 0 Å². The molecular formula is C10H17N3O2. The highest BCUT2D eigenvalue weighted by Gasteiger charge is 2.33. The third-order valence-corrected chi connectivity index (χ3v) is 3.04. The Bertz CT molecular complexity index is 318. The molecule has 0 aliphatic heterocycles. The zero-order valence-corrected chi connectivity index (χ0v) is 9.25. The fourth-order valence-corrected chi connectivity index (χ4v) is 2.08. The van der Waals surface area contributed by atoms with Crippen LogP contribution in [0.4, 0.5) is 6.01 Å². The quantitative estimate of drug-likeness (QED) is 0.822. The number of methoxy groups -OCH3 is 1. The average molecular weight is 211 g/mol. The van der Waals surface area contributed by atoms with Crippen LogP contribution in [0.25, 0.3) is 0 Å². The topological polar surface area (TPSA) is 60.2 Å². The molecule has 1 aliphatic carbocycles. The van der Waals surface area contributed by atoms with E-state index in [-0.39, 0.29) is 5.60 Å². The molecule has 0 saturated heterocycles. The summed E-state index contributed by atoms with van der Waals surface area (Å²) in [5, 5.41) is 10.8. The smallest absolute Gasteiger partial charge is 0.315 e. The fraction of sp³-hybridized carbons (Fsp3) is 0.800. The van der Waals surface area contributed by atoms with Crippen LogP contribution in [-0.4, -0.2) is 29.5 Å². The van der Waals surface area contributed by atoms with Crippen molar-refractivity contribution < 1.29 is 9.15 Å². The van der Waals surface area contributed by atoms with E-state index in [9.17, 15) is 0 Å². The number of hydrogen-bond donors (Lipinski definition) is 1. The molecule has 0 radical (unpaired) electrons. The second-order valence-corrected chi connectivity index (χ2v) is 4.07. The summed E-state index contributed by atoms with van der Waals surface area (Å²) in [7, 11) is 1.77. The molecule has 0 spiro atoms. The minimum atomic E-state index is -0.0393. The van der Waals surface area contributed by atoms with E-state index in [1.807, 2.05) is 0 Å². The molecule has 1 aromatic rings. The number of aryl methyl sites for hydroxylation is 1. The van der Waals surface area contributed by atoms with Crippen LogP contribution in [0, 0.1) is 6.92 Å². The molecule has 0 aromatic carbocycles. The lowest BCUT2D eigenvalue weighted by Gasteiger charge is -2.26. The summed E-state index contributed by atoms with van der Waals surface area (Å²) in [5.74, 6) is 0.579. The molecule has 1 aromatic heterocycles. The molecule has 1 saturated carbocycles. The Morgan fingerprint density at radius 1 is 1.40 bits per heavy atom. The minimum absolute atomic E-state index is 0.0393. The van der Waals surface area contributed by atoms with Gasteiger partial charge in [-0.25, -0.2) is 0 Å². The number of hydrogen-bond acceptors (Lipinski definition) is 5. The van der Waals surface area contributed by atoms with Crippen LogP contribution in [-0.2, 0) is 4.74 Å². The Morgan fingerprint density at radius 3 is 2.67 bits per heavy atom. The van der Waals surface area contributed by atoms with E-state index in [0.29, 0.717) is 11.9 Å². The molecule has 1 N–H and O–H groups in total. The van der Waals surface area contributed by atoms with E-state index >= 15 is 0 Å². The van der Waals surface area contributed by atoms with Gasteiger partial charge in [-0.3, -0.25) is 0 Å². The third-order valence-electron chi connectivity index (χ3n) is 3.04. The molecule has 1 fully saturated rings. The molecule has 0 atom stereocenters. The van der Waals surface area contributed by atoms with Crippen LogP contribution in [0.1, 0.15) is 31.6 Å². The number of ether oxygens (including phenoxy) is 1. The number of nitrogens with one attached hydrogen (secondary N) is 1. The summed E-state index contributed by atoms with van der Waals surface area (Å²) in [6.45, 7) is 2.52. The largest absolute Gasteiger partial charge is 0.408 e. The molecule has 0 amide bonds. The van der Waals surface area contributed by atoms with E-state index in [1.165, 1.54) is 12.8 Å². The van der Waals surface area contributed by atoms with Gasteiger partial charge in [0.05, 0.1) is 5.60 Å². The monoisotopic (exact) mass is 211 g/mol. The lowest BCUT2D eigenvalue weighted by Crippen LogP contribution is -2.36. The first-order chi connectivity index (χ1) is 7.24. The van der Waals surface area contributed by atoms with Crippen molar-refractivity contribution in [2.75, 3.05) is 19.0 Å². The van der Waals surface area contributed by atoms with Gasteiger partial charge in [0.1, 0.15) is 0 Å². The SMILES string of the molecule is COC1(CNc2nnc(C)o2)CCCC1. The van der Waals surface area contributed by atoms with E-state index in [2.05, 4.69) is 15.5 Å². The zero-order valence-electron chi connectivity index (χ0n) is 9.25. The molecule has 5 nitrogen and oxygen atoms in total. The van der Waals surface area contributed by atoms with E-state index in [1.54, 1.807) is 14.0 Å². The lowest BCUT2D eigenvalue weighted by atomic mass is 10.0. The maximum atomic E-state index is 5.57. The predicted molar refractivity (Wildman–Crippen MR) is 55.7 cm³/mol. The van der Waals surface area contributed by atoms with Crippen LogP contribution >= 0.6 is 0 Å². The second kappa shape index (κ2) is 4.18. The van der Waals surface area contributed by atoms with Crippen LogP contribution in [0.3, 0.4) is 0 Å². The Labute approximate surface area is 89.2 Å². The van der Waals surface area contributed by atoms with Gasteiger partial charge in [0.15, 0.2) is 0 Å². The minimum Gasteiger partial charge on any atom is -0.408 e. The highest BCUT2D eigenvalue weighted by molar-refractivity contribution is 5.18. The van der Waals surface area contributed by atoms with Crippen molar-refractivity contribution in [3.63, 3.8) is 0 Å². The molecule has 2 rings (SSSR count). The van der Waals surface area contributed by atoms with Gasteiger partial charge in [0, 0.05) is 20.6 Å². The molecule has 84 valence electrons. The van der Waals surface area contributed by atoms with Crippen molar-refractivity contribution in [1.29, 1.82) is 0 Å². The Morgan fingerprint density at radius 2 is 2.13 bits per heavy atom. The summed E-state index contributed by atoms with van der Waals surface area (Å²) in [4.78, 5) is 0. The normalized spacial score (nSPS) is 19.3. The highest BCUT2D eigenvalue weighted by atomic mass is 16.5. The molecule has 0 unspecified atom stereocenters. The van der Waals surface area contributed by atoms with E-state index < -0.39 is 0 Å². The third kappa shape index (κ3) is 2.28.